The molecule has 0 fully saturated rings. The van der Waals surface area contributed by atoms with E-state index in [0.29, 0.717) is 22.9 Å². The van der Waals surface area contributed by atoms with Crippen LogP contribution in [-0.2, 0) is 6.18 Å². The zero-order valence-electron chi connectivity index (χ0n) is 17.4. The van der Waals surface area contributed by atoms with Crippen LogP contribution < -0.4 is 5.32 Å². The molecule has 0 saturated heterocycles. The fourth-order valence-corrected chi connectivity index (χ4v) is 3.46. The Bertz CT molecular complexity index is 1430. The van der Waals surface area contributed by atoms with Gasteiger partial charge in [0.25, 0.3) is 0 Å². The van der Waals surface area contributed by atoms with Gasteiger partial charge in [0.1, 0.15) is 5.82 Å². The summed E-state index contributed by atoms with van der Waals surface area (Å²) in [6.45, 7) is 1.93. The molecule has 9 heteroatoms. The number of H-pyrrole nitrogens is 1. The molecule has 0 aliphatic carbocycles. The van der Waals surface area contributed by atoms with Crippen LogP contribution in [0.2, 0.25) is 0 Å². The molecule has 0 radical (unpaired) electrons. The van der Waals surface area contributed by atoms with E-state index in [1.54, 1.807) is 18.6 Å². The highest BCUT2D eigenvalue weighted by molar-refractivity contribution is 5.85. The smallest absolute Gasteiger partial charge is 0.338 e. The standard InChI is InChI=1S/C24H17F3N6/c1-14-11-20-21(31-22(30-20)15-4-6-17(7-5-15)24(25,26)27)12-19(14)33-23-29-10-8-18(32-23)16-3-2-9-28-13-16/h2-13H,1H3,(H,30,31)(H,29,32,33). The van der Waals surface area contributed by atoms with Gasteiger partial charge in [-0.3, -0.25) is 4.98 Å². The van der Waals surface area contributed by atoms with E-state index >= 15 is 0 Å². The average Bonchev–Trinajstić information content (AvgIpc) is 3.22. The van der Waals surface area contributed by atoms with Gasteiger partial charge in [-0.1, -0.05) is 12.1 Å². The molecule has 0 aliphatic rings. The molecular formula is C24H17F3N6. The molecule has 3 heterocycles. The molecular weight excluding hydrogens is 429 g/mol. The first-order chi connectivity index (χ1) is 15.9. The molecule has 5 rings (SSSR count). The maximum atomic E-state index is 12.8. The van der Waals surface area contributed by atoms with E-state index in [-0.39, 0.29) is 0 Å². The molecule has 5 aromatic rings. The third-order valence-electron chi connectivity index (χ3n) is 5.17. The predicted molar refractivity (Wildman–Crippen MR) is 120 cm³/mol. The number of imidazole rings is 1. The van der Waals surface area contributed by atoms with Gasteiger partial charge < -0.3 is 10.3 Å². The molecule has 0 saturated carbocycles. The van der Waals surface area contributed by atoms with E-state index < -0.39 is 11.7 Å². The molecule has 164 valence electrons. The van der Waals surface area contributed by atoms with Crippen LogP contribution in [0.15, 0.2) is 73.2 Å². The van der Waals surface area contributed by atoms with Crippen LogP contribution in [0.1, 0.15) is 11.1 Å². The number of halogens is 3. The number of rotatable bonds is 4. The molecule has 0 amide bonds. The van der Waals surface area contributed by atoms with Crippen molar-refractivity contribution in [1.29, 1.82) is 0 Å². The molecule has 2 N–H and O–H groups in total. The number of nitrogens with zero attached hydrogens (tertiary/aromatic N) is 4. The highest BCUT2D eigenvalue weighted by Crippen LogP contribution is 2.32. The van der Waals surface area contributed by atoms with E-state index in [1.165, 1.54) is 12.1 Å². The lowest BCUT2D eigenvalue weighted by Crippen LogP contribution is -2.04. The normalized spacial score (nSPS) is 11.6. The fraction of sp³-hybridized carbons (Fsp3) is 0.0833. The number of hydrogen-bond acceptors (Lipinski definition) is 5. The first-order valence-corrected chi connectivity index (χ1v) is 10.1. The monoisotopic (exact) mass is 446 g/mol. The van der Waals surface area contributed by atoms with Crippen LogP contribution in [0.3, 0.4) is 0 Å². The first-order valence-electron chi connectivity index (χ1n) is 10.1. The number of aryl methyl sites for hydroxylation is 1. The van der Waals surface area contributed by atoms with Crippen LogP contribution in [0.25, 0.3) is 33.7 Å². The Hall–Kier alpha value is -4.27. The second-order valence-corrected chi connectivity index (χ2v) is 7.48. The summed E-state index contributed by atoms with van der Waals surface area (Å²) in [6, 6.07) is 14.3. The van der Waals surface area contributed by atoms with Gasteiger partial charge in [0.2, 0.25) is 5.95 Å². The zero-order chi connectivity index (χ0) is 23.0. The predicted octanol–water partition coefficient (Wildman–Crippen LogP) is 6.15. The topological polar surface area (TPSA) is 79.4 Å². The minimum absolute atomic E-state index is 0.432. The lowest BCUT2D eigenvalue weighted by atomic mass is 10.1. The maximum Gasteiger partial charge on any atom is 0.416 e. The summed E-state index contributed by atoms with van der Waals surface area (Å²) in [5.74, 6) is 0.923. The van der Waals surface area contributed by atoms with Crippen LogP contribution in [0, 0.1) is 6.92 Å². The van der Waals surface area contributed by atoms with Crippen molar-refractivity contribution in [3.05, 3.63) is 84.3 Å². The van der Waals surface area contributed by atoms with Crippen LogP contribution in [0.5, 0.6) is 0 Å². The number of alkyl halides is 3. The van der Waals surface area contributed by atoms with E-state index in [4.69, 9.17) is 0 Å². The van der Waals surface area contributed by atoms with Crippen LogP contribution >= 0.6 is 0 Å². The summed E-state index contributed by atoms with van der Waals surface area (Å²) in [5, 5.41) is 3.23. The van der Waals surface area contributed by atoms with Gasteiger partial charge in [-0.15, -0.1) is 0 Å². The summed E-state index contributed by atoms with van der Waals surface area (Å²) < 4.78 is 38.5. The van der Waals surface area contributed by atoms with Gasteiger partial charge >= 0.3 is 6.18 Å². The number of aromatic amines is 1. The van der Waals surface area contributed by atoms with Crippen molar-refractivity contribution in [3.8, 4) is 22.6 Å². The van der Waals surface area contributed by atoms with Gasteiger partial charge in [0.15, 0.2) is 0 Å². The lowest BCUT2D eigenvalue weighted by molar-refractivity contribution is -0.137. The highest BCUT2D eigenvalue weighted by Gasteiger charge is 2.30. The molecule has 0 aliphatic heterocycles. The first kappa shape index (κ1) is 20.6. The van der Waals surface area contributed by atoms with Crippen molar-refractivity contribution in [2.24, 2.45) is 0 Å². The van der Waals surface area contributed by atoms with E-state index in [0.717, 1.165) is 40.2 Å². The maximum absolute atomic E-state index is 12.8. The molecule has 3 aromatic heterocycles. The summed E-state index contributed by atoms with van der Waals surface area (Å²) in [7, 11) is 0. The number of nitrogens with one attached hydrogen (secondary N) is 2. The molecule has 6 nitrogen and oxygen atoms in total. The van der Waals surface area contributed by atoms with Crippen molar-refractivity contribution in [2.45, 2.75) is 13.1 Å². The molecule has 0 atom stereocenters. The summed E-state index contributed by atoms with van der Waals surface area (Å²) in [6.07, 6.45) is 0.730. The molecule has 0 bridgehead atoms. The summed E-state index contributed by atoms with van der Waals surface area (Å²) in [4.78, 5) is 20.7. The number of anilines is 2. The lowest BCUT2D eigenvalue weighted by Gasteiger charge is -2.09. The zero-order valence-corrected chi connectivity index (χ0v) is 17.4. The number of hydrogen-bond donors (Lipinski definition) is 2. The van der Waals surface area contributed by atoms with Crippen molar-refractivity contribution in [3.63, 3.8) is 0 Å². The Balaban J connectivity index is 1.44. The third-order valence-corrected chi connectivity index (χ3v) is 5.17. The molecule has 0 spiro atoms. The van der Waals surface area contributed by atoms with Crippen molar-refractivity contribution >= 4 is 22.7 Å². The Morgan fingerprint density at radius 3 is 2.45 bits per heavy atom. The Morgan fingerprint density at radius 1 is 0.909 bits per heavy atom. The number of aromatic nitrogens is 5. The van der Waals surface area contributed by atoms with Gasteiger partial charge in [-0.05, 0) is 55.0 Å². The number of pyridine rings is 1. The van der Waals surface area contributed by atoms with Crippen molar-refractivity contribution < 1.29 is 13.2 Å². The summed E-state index contributed by atoms with van der Waals surface area (Å²) in [5.41, 5.74) is 4.64. The second-order valence-electron chi connectivity index (χ2n) is 7.48. The van der Waals surface area contributed by atoms with Crippen LogP contribution in [-0.4, -0.2) is 24.9 Å². The second kappa shape index (κ2) is 8.01. The minimum Gasteiger partial charge on any atom is -0.338 e. The van der Waals surface area contributed by atoms with Crippen molar-refractivity contribution in [1.82, 2.24) is 24.9 Å². The van der Waals surface area contributed by atoms with Crippen LogP contribution in [0.4, 0.5) is 24.8 Å². The largest absolute Gasteiger partial charge is 0.416 e. The van der Waals surface area contributed by atoms with E-state index in [9.17, 15) is 13.2 Å². The van der Waals surface area contributed by atoms with Gasteiger partial charge in [-0.2, -0.15) is 13.2 Å². The van der Waals surface area contributed by atoms with E-state index in [2.05, 4.69) is 30.2 Å². The molecule has 2 aromatic carbocycles. The Morgan fingerprint density at radius 2 is 1.73 bits per heavy atom. The Labute approximate surface area is 186 Å². The fourth-order valence-electron chi connectivity index (χ4n) is 3.46. The van der Waals surface area contributed by atoms with Gasteiger partial charge in [0, 0.05) is 35.4 Å². The minimum atomic E-state index is -4.37. The third kappa shape index (κ3) is 4.25. The summed E-state index contributed by atoms with van der Waals surface area (Å²) >= 11 is 0. The molecule has 33 heavy (non-hydrogen) atoms. The van der Waals surface area contributed by atoms with Gasteiger partial charge in [0.05, 0.1) is 22.3 Å². The Kier molecular flexibility index (Phi) is 5.01. The number of fused-ring (bicyclic) bond motifs is 1. The van der Waals surface area contributed by atoms with E-state index in [1.807, 2.05) is 37.3 Å². The van der Waals surface area contributed by atoms with Gasteiger partial charge in [-0.25, -0.2) is 15.0 Å². The molecule has 0 unspecified atom stereocenters. The van der Waals surface area contributed by atoms with Crippen molar-refractivity contribution in [2.75, 3.05) is 5.32 Å². The SMILES string of the molecule is Cc1cc2nc(-c3ccc(C(F)(F)F)cc3)[nH]c2cc1Nc1nccc(-c2cccnc2)n1. The average molecular weight is 446 g/mol. The number of benzene rings is 2. The highest BCUT2D eigenvalue weighted by atomic mass is 19.4. The quantitative estimate of drug-likeness (QED) is 0.346.